The average molecular weight is 936 g/mol. The molecule has 1 saturated carbocycles. The SMILES string of the molecule is CCOC(=O)CCCCCN1CC[C@@H](N)[C@@H](OC)C1.COc1cc(N)cc(Cl)c1C(=O)N[C@@H]1CCC(CCCCCC(=O)OC2CN3CCC2CC3)C[C@@H]1OC.O[C@H]1CN2CCC1CC2. The van der Waals surface area contributed by atoms with Crippen LogP contribution in [-0.2, 0) is 28.5 Å². The lowest BCUT2D eigenvalue weighted by atomic mass is 9.81. The number of hydrogen-bond acceptors (Lipinski definition) is 14. The molecule has 1 amide bonds. The molecule has 1 aromatic carbocycles. The van der Waals surface area contributed by atoms with Crippen LogP contribution in [0.5, 0.6) is 5.75 Å². The molecule has 65 heavy (non-hydrogen) atoms. The van der Waals surface area contributed by atoms with E-state index in [2.05, 4.69) is 20.0 Å². The number of nitrogens with zero attached hydrogens (tertiary/aromatic N) is 3. The van der Waals surface area contributed by atoms with Crippen molar-refractivity contribution in [1.82, 2.24) is 20.0 Å². The first kappa shape index (κ1) is 53.2. The van der Waals surface area contributed by atoms with Gasteiger partial charge in [-0.25, -0.2) is 0 Å². The quantitative estimate of drug-likeness (QED) is 0.0755. The number of ether oxygens (including phenoxy) is 5. The van der Waals surface area contributed by atoms with Crippen LogP contribution in [0.25, 0.3) is 0 Å². The summed E-state index contributed by atoms with van der Waals surface area (Å²) in [7, 11) is 4.92. The molecule has 0 aromatic heterocycles. The Morgan fingerprint density at radius 1 is 0.769 bits per heavy atom. The second kappa shape index (κ2) is 27.9. The molecule has 8 aliphatic rings. The molecule has 1 aliphatic carbocycles. The molecule has 4 bridgehead atoms. The molecule has 9 rings (SSSR count). The highest BCUT2D eigenvalue weighted by molar-refractivity contribution is 6.34. The predicted molar refractivity (Wildman–Crippen MR) is 254 cm³/mol. The number of methoxy groups -OCH3 is 3. The number of likely N-dealkylation sites (tertiary alicyclic amines) is 1. The number of fused-ring (bicyclic) bond motifs is 6. The van der Waals surface area contributed by atoms with Crippen molar-refractivity contribution in [2.75, 3.05) is 92.6 Å². The van der Waals surface area contributed by atoms with Crippen LogP contribution >= 0.6 is 11.6 Å². The molecular formula is C49H83ClN6O9. The molecule has 0 spiro atoms. The Bertz CT molecular complexity index is 1590. The van der Waals surface area contributed by atoms with Gasteiger partial charge in [-0.15, -0.1) is 0 Å². The van der Waals surface area contributed by atoms with E-state index in [0.29, 0.717) is 54.2 Å². The summed E-state index contributed by atoms with van der Waals surface area (Å²) in [6.07, 6.45) is 17.0. The van der Waals surface area contributed by atoms with Gasteiger partial charge in [0.15, 0.2) is 0 Å². The summed E-state index contributed by atoms with van der Waals surface area (Å²) in [5.41, 5.74) is 12.6. The largest absolute Gasteiger partial charge is 0.496 e. The lowest BCUT2D eigenvalue weighted by molar-refractivity contribution is -0.159. The van der Waals surface area contributed by atoms with Crippen LogP contribution < -0.4 is 21.5 Å². The number of nitrogens with one attached hydrogen (secondary N) is 1. The molecule has 0 radical (unpaired) electrons. The maximum Gasteiger partial charge on any atom is 0.306 e. The second-order valence-electron chi connectivity index (χ2n) is 19.2. The van der Waals surface area contributed by atoms with E-state index < -0.39 is 0 Å². The summed E-state index contributed by atoms with van der Waals surface area (Å²) >= 11 is 6.30. The fraction of sp³-hybridized carbons (Fsp3) is 0.816. The number of rotatable bonds is 19. The van der Waals surface area contributed by atoms with Gasteiger partial charge in [0.2, 0.25) is 0 Å². The minimum Gasteiger partial charge on any atom is -0.496 e. The number of esters is 2. The van der Waals surface area contributed by atoms with Crippen LogP contribution in [0.3, 0.4) is 0 Å². The number of hydrogen-bond donors (Lipinski definition) is 4. The summed E-state index contributed by atoms with van der Waals surface area (Å²) in [6, 6.07) is 3.24. The number of nitrogen functional groups attached to an aromatic ring is 1. The van der Waals surface area contributed by atoms with Crippen molar-refractivity contribution >= 4 is 35.1 Å². The molecule has 2 unspecified atom stereocenters. The molecule has 1 aromatic rings. The minimum atomic E-state index is -0.280. The van der Waals surface area contributed by atoms with Gasteiger partial charge in [-0.1, -0.05) is 37.3 Å². The molecule has 15 nitrogen and oxygen atoms in total. The summed E-state index contributed by atoms with van der Waals surface area (Å²) < 4.78 is 27.2. The lowest BCUT2D eigenvalue weighted by Gasteiger charge is -2.43. The number of aliphatic hydroxyl groups is 1. The number of carbonyl (C=O) groups excluding carboxylic acids is 3. The summed E-state index contributed by atoms with van der Waals surface area (Å²) in [6.45, 7) is 12.0. The van der Waals surface area contributed by atoms with Crippen molar-refractivity contribution in [2.24, 2.45) is 23.5 Å². The van der Waals surface area contributed by atoms with Gasteiger partial charge in [0.25, 0.3) is 5.91 Å². The molecule has 370 valence electrons. The molecule has 7 heterocycles. The van der Waals surface area contributed by atoms with Crippen molar-refractivity contribution in [3.8, 4) is 5.75 Å². The van der Waals surface area contributed by atoms with Crippen LogP contribution in [0.15, 0.2) is 12.1 Å². The Labute approximate surface area is 394 Å². The molecule has 16 heteroatoms. The Morgan fingerprint density at radius 3 is 2.02 bits per heavy atom. The molecule has 6 N–H and O–H groups in total. The maximum atomic E-state index is 13.0. The van der Waals surface area contributed by atoms with Crippen LogP contribution in [-0.4, -0.2) is 161 Å². The molecule has 8 fully saturated rings. The van der Waals surface area contributed by atoms with Crippen molar-refractivity contribution in [3.05, 3.63) is 22.7 Å². The lowest BCUT2D eigenvalue weighted by Crippen LogP contribution is -2.51. The standard InChI is InChI=1S/C28H42ClN3O5.C14H28N2O3.C7H13NO/c1-35-23-14-18(6-4-3-5-7-26(33)37-25-17-32-12-10-19(25)11-13-32)8-9-22(23)31-28(34)27-21(29)15-20(30)16-24(27)36-2;1-3-19-14(17)7-5-4-6-9-16-10-8-12(15)13(11-16)18-2;9-7-5-8-3-1-6(7)2-4-8/h15-16,18-19,22-23,25H,3-14,17,30H2,1-2H3,(H,31,34);12-13H,3-11,15H2,1-2H3;6-7,9H,1-5H2/t18?,22-,23+,25?;12-,13+;7-/m110/s1. The number of unbranched alkanes of at least 4 members (excludes halogenated alkanes) is 4. The van der Waals surface area contributed by atoms with Crippen molar-refractivity contribution in [1.29, 1.82) is 0 Å². The first-order valence-electron chi connectivity index (χ1n) is 24.9. The van der Waals surface area contributed by atoms with E-state index in [-0.39, 0.29) is 59.4 Å². The number of amides is 1. The number of anilines is 1. The summed E-state index contributed by atoms with van der Waals surface area (Å²) in [5, 5.41) is 12.7. The molecule has 7 saturated heterocycles. The van der Waals surface area contributed by atoms with Crippen molar-refractivity contribution < 1.29 is 43.2 Å². The average Bonchev–Trinajstić information content (AvgIpc) is 3.30. The van der Waals surface area contributed by atoms with E-state index in [1.54, 1.807) is 26.4 Å². The smallest absolute Gasteiger partial charge is 0.306 e. The number of halogens is 1. The van der Waals surface area contributed by atoms with Crippen LogP contribution in [0.1, 0.15) is 126 Å². The van der Waals surface area contributed by atoms with Crippen LogP contribution in [0, 0.1) is 17.8 Å². The van der Waals surface area contributed by atoms with Gasteiger partial charge in [0.1, 0.15) is 17.4 Å². The first-order chi connectivity index (χ1) is 31.4. The molecule has 7 aliphatic heterocycles. The highest BCUT2D eigenvalue weighted by Gasteiger charge is 2.37. The van der Waals surface area contributed by atoms with Gasteiger partial charge in [-0.2, -0.15) is 0 Å². The third-order valence-corrected chi connectivity index (χ3v) is 15.0. The number of nitrogens with two attached hydrogens (primary N) is 2. The van der Waals surface area contributed by atoms with E-state index in [1.807, 2.05) is 6.92 Å². The molecule has 7 atom stereocenters. The second-order valence-corrected chi connectivity index (χ2v) is 19.6. The Kier molecular flexibility index (Phi) is 22.8. The van der Waals surface area contributed by atoms with Crippen molar-refractivity contribution in [2.45, 2.75) is 153 Å². The monoisotopic (exact) mass is 935 g/mol. The van der Waals surface area contributed by atoms with E-state index in [9.17, 15) is 19.5 Å². The highest BCUT2D eigenvalue weighted by Crippen LogP contribution is 2.34. The zero-order chi connectivity index (χ0) is 46.7. The van der Waals surface area contributed by atoms with Gasteiger partial charge in [-0.3, -0.25) is 19.3 Å². The van der Waals surface area contributed by atoms with Crippen LogP contribution in [0.4, 0.5) is 5.69 Å². The predicted octanol–water partition coefficient (Wildman–Crippen LogP) is 5.66. The van der Waals surface area contributed by atoms with Gasteiger partial charge in [0.05, 0.1) is 43.1 Å². The zero-order valence-electron chi connectivity index (χ0n) is 40.0. The fourth-order valence-electron chi connectivity index (χ4n) is 10.7. The third-order valence-electron chi connectivity index (χ3n) is 14.7. The Morgan fingerprint density at radius 2 is 1.43 bits per heavy atom. The normalized spacial score (nSPS) is 30.5. The number of carbonyl (C=O) groups is 3. The minimum absolute atomic E-state index is 0.00694. The van der Waals surface area contributed by atoms with Gasteiger partial charge in [0, 0.05) is 64.5 Å². The molecular weight excluding hydrogens is 852 g/mol. The number of aliphatic hydroxyl groups excluding tert-OH is 1. The fourth-order valence-corrected chi connectivity index (χ4v) is 11.0. The topological polar surface area (TPSA) is 191 Å². The zero-order valence-corrected chi connectivity index (χ0v) is 40.8. The summed E-state index contributed by atoms with van der Waals surface area (Å²) in [4.78, 5) is 43.7. The van der Waals surface area contributed by atoms with Gasteiger partial charge < -0.3 is 55.4 Å². The van der Waals surface area contributed by atoms with Gasteiger partial charge in [-0.05, 0) is 141 Å². The maximum absolute atomic E-state index is 13.0. The van der Waals surface area contributed by atoms with Crippen LogP contribution in [0.2, 0.25) is 5.02 Å². The highest BCUT2D eigenvalue weighted by atomic mass is 35.5. The third kappa shape index (κ3) is 17.1. The Hall–Kier alpha value is -2.76. The first-order valence-corrected chi connectivity index (χ1v) is 25.2. The number of piperidine rings is 7. The van der Waals surface area contributed by atoms with E-state index in [1.165, 1.54) is 33.0 Å². The van der Waals surface area contributed by atoms with Crippen molar-refractivity contribution in [3.63, 3.8) is 0 Å². The summed E-state index contributed by atoms with van der Waals surface area (Å²) in [5.74, 6) is 1.71. The van der Waals surface area contributed by atoms with E-state index in [4.69, 9.17) is 46.8 Å². The Balaban J connectivity index is 0.000000232. The van der Waals surface area contributed by atoms with E-state index >= 15 is 0 Å². The van der Waals surface area contributed by atoms with Gasteiger partial charge >= 0.3 is 11.9 Å². The van der Waals surface area contributed by atoms with E-state index in [0.717, 1.165) is 129 Å². The number of benzene rings is 1.